The molecule has 0 aromatic heterocycles. The Labute approximate surface area is 195 Å². The monoisotopic (exact) mass is 539 g/mol. The molecule has 0 radical (unpaired) electrons. The van der Waals surface area contributed by atoms with Gasteiger partial charge in [0.05, 0.1) is 6.54 Å². The van der Waals surface area contributed by atoms with Crippen molar-refractivity contribution in [3.05, 3.63) is 34.6 Å². The zero-order valence-electron chi connectivity index (χ0n) is 17.4. The van der Waals surface area contributed by atoms with E-state index in [0.29, 0.717) is 36.1 Å². The molecule has 0 atom stereocenters. The number of carbonyl (C=O) groups is 1. The van der Waals surface area contributed by atoms with E-state index in [1.165, 1.54) is 6.07 Å². The number of hydrogen-bond donors (Lipinski definition) is 2. The molecule has 1 aromatic carbocycles. The van der Waals surface area contributed by atoms with Gasteiger partial charge in [0.15, 0.2) is 5.96 Å². The largest absolute Gasteiger partial charge is 0.357 e. The molecule has 1 amide bonds. The van der Waals surface area contributed by atoms with E-state index in [4.69, 9.17) is 11.6 Å². The van der Waals surface area contributed by atoms with Crippen LogP contribution in [0.3, 0.4) is 0 Å². The molecule has 0 bridgehead atoms. The molecule has 0 saturated carbocycles. The molecule has 2 rings (SSSR count). The van der Waals surface area contributed by atoms with Crippen LogP contribution in [0.4, 0.5) is 4.39 Å². The Morgan fingerprint density at radius 1 is 1.34 bits per heavy atom. The van der Waals surface area contributed by atoms with Crippen LogP contribution in [-0.2, 0) is 11.2 Å². The lowest BCUT2D eigenvalue weighted by Crippen LogP contribution is -2.50. The number of likely N-dealkylation sites (N-methyl/N-ethyl adjacent to an activating group) is 1. The van der Waals surface area contributed by atoms with E-state index < -0.39 is 0 Å². The highest BCUT2D eigenvalue weighted by Gasteiger charge is 2.22. The van der Waals surface area contributed by atoms with Gasteiger partial charge in [-0.2, -0.15) is 0 Å². The molecule has 0 spiro atoms. The molecule has 1 fully saturated rings. The van der Waals surface area contributed by atoms with Crippen molar-refractivity contribution in [3.63, 3.8) is 0 Å². The van der Waals surface area contributed by atoms with Crippen LogP contribution >= 0.6 is 35.6 Å². The number of halogens is 3. The number of likely N-dealkylation sites (tertiary alicyclic amines) is 1. The Hall–Kier alpha value is -1.13. The van der Waals surface area contributed by atoms with E-state index in [9.17, 15) is 9.18 Å². The van der Waals surface area contributed by atoms with E-state index in [-0.39, 0.29) is 35.7 Å². The number of carbonyl (C=O) groups excluding carboxylic acids is 1. The second-order valence-electron chi connectivity index (χ2n) is 7.19. The summed E-state index contributed by atoms with van der Waals surface area (Å²) in [6.45, 7) is 5.44. The van der Waals surface area contributed by atoms with Gasteiger partial charge in [-0.15, -0.1) is 24.0 Å². The number of hydrogen-bond acceptors (Lipinski definition) is 3. The van der Waals surface area contributed by atoms with Crippen molar-refractivity contribution in [2.75, 3.05) is 46.8 Å². The molecule has 1 heterocycles. The van der Waals surface area contributed by atoms with Crippen LogP contribution in [0, 0.1) is 5.82 Å². The number of piperidine rings is 1. The molecule has 1 aromatic rings. The van der Waals surface area contributed by atoms with Crippen molar-refractivity contribution >= 4 is 47.4 Å². The number of nitrogens with zero attached hydrogens (tertiary/aromatic N) is 3. The molecule has 0 unspecified atom stereocenters. The number of amides is 1. The summed E-state index contributed by atoms with van der Waals surface area (Å²) >= 11 is 6.08. The Balaban J connectivity index is 0.00000420. The van der Waals surface area contributed by atoms with Gasteiger partial charge in [0.25, 0.3) is 0 Å². The summed E-state index contributed by atoms with van der Waals surface area (Å²) < 4.78 is 13.9. The molecule has 0 aliphatic carbocycles. The maximum Gasteiger partial charge on any atom is 0.236 e. The number of rotatable bonds is 7. The predicted molar refractivity (Wildman–Crippen MR) is 128 cm³/mol. The van der Waals surface area contributed by atoms with E-state index in [1.54, 1.807) is 31.1 Å². The molecular formula is C20H32ClFIN5O. The van der Waals surface area contributed by atoms with Crippen molar-refractivity contribution < 1.29 is 9.18 Å². The summed E-state index contributed by atoms with van der Waals surface area (Å²) in [6, 6.07) is 5.03. The SMILES string of the molecule is CCNC(=NCCc1c(F)cccc1Cl)NC1CCN(CC(=O)N(C)C)CC1.I. The molecule has 6 nitrogen and oxygen atoms in total. The van der Waals surface area contributed by atoms with E-state index >= 15 is 0 Å². The summed E-state index contributed by atoms with van der Waals surface area (Å²) in [7, 11) is 3.56. The highest BCUT2D eigenvalue weighted by molar-refractivity contribution is 14.0. The first-order valence-corrected chi connectivity index (χ1v) is 10.2. The summed E-state index contributed by atoms with van der Waals surface area (Å²) in [5.41, 5.74) is 0.502. The van der Waals surface area contributed by atoms with Crippen LogP contribution in [0.5, 0.6) is 0 Å². The average Bonchev–Trinajstić information content (AvgIpc) is 2.65. The van der Waals surface area contributed by atoms with Gasteiger partial charge in [-0.3, -0.25) is 14.7 Å². The lowest BCUT2D eigenvalue weighted by atomic mass is 10.1. The van der Waals surface area contributed by atoms with Gasteiger partial charge in [0.1, 0.15) is 5.82 Å². The molecule has 164 valence electrons. The minimum Gasteiger partial charge on any atom is -0.357 e. The Morgan fingerprint density at radius 2 is 2.03 bits per heavy atom. The summed E-state index contributed by atoms with van der Waals surface area (Å²) in [5.74, 6) is 0.575. The Kier molecular flexibility index (Phi) is 11.8. The van der Waals surface area contributed by atoms with Crippen LogP contribution in [0.25, 0.3) is 0 Å². The summed E-state index contributed by atoms with van der Waals surface area (Å²) in [6.07, 6.45) is 2.35. The second kappa shape index (κ2) is 13.2. The van der Waals surface area contributed by atoms with Crippen LogP contribution in [0.2, 0.25) is 5.02 Å². The zero-order chi connectivity index (χ0) is 20.5. The van der Waals surface area contributed by atoms with Crippen LogP contribution < -0.4 is 10.6 Å². The molecule has 1 aliphatic rings. The van der Waals surface area contributed by atoms with Crippen LogP contribution in [0.1, 0.15) is 25.3 Å². The van der Waals surface area contributed by atoms with Crippen molar-refractivity contribution in [3.8, 4) is 0 Å². The van der Waals surface area contributed by atoms with Crippen LogP contribution in [-0.4, -0.2) is 74.5 Å². The first-order valence-electron chi connectivity index (χ1n) is 9.81. The first-order chi connectivity index (χ1) is 13.4. The molecule has 9 heteroatoms. The van der Waals surface area contributed by atoms with Gasteiger partial charge < -0.3 is 15.5 Å². The molecular weight excluding hydrogens is 508 g/mol. The summed E-state index contributed by atoms with van der Waals surface area (Å²) in [5, 5.41) is 7.14. The minimum atomic E-state index is -0.291. The third-order valence-electron chi connectivity index (χ3n) is 4.82. The summed E-state index contributed by atoms with van der Waals surface area (Å²) in [4.78, 5) is 20.2. The fourth-order valence-electron chi connectivity index (χ4n) is 3.13. The van der Waals surface area contributed by atoms with Gasteiger partial charge in [-0.05, 0) is 38.3 Å². The minimum absolute atomic E-state index is 0. The first kappa shape index (κ1) is 25.9. The molecule has 1 aliphatic heterocycles. The fraction of sp³-hybridized carbons (Fsp3) is 0.600. The van der Waals surface area contributed by atoms with Crippen molar-refractivity contribution in [2.24, 2.45) is 4.99 Å². The zero-order valence-corrected chi connectivity index (χ0v) is 20.5. The molecule has 2 N–H and O–H groups in total. The quantitative estimate of drug-likeness (QED) is 0.318. The van der Waals surface area contributed by atoms with Crippen molar-refractivity contribution in [1.29, 1.82) is 0 Å². The lowest BCUT2D eigenvalue weighted by Gasteiger charge is -2.33. The van der Waals surface area contributed by atoms with Gasteiger partial charge in [-0.25, -0.2) is 4.39 Å². The number of benzene rings is 1. The van der Waals surface area contributed by atoms with Crippen molar-refractivity contribution in [2.45, 2.75) is 32.2 Å². The third kappa shape index (κ3) is 8.64. The molecule has 1 saturated heterocycles. The third-order valence-corrected chi connectivity index (χ3v) is 5.18. The Morgan fingerprint density at radius 3 is 2.62 bits per heavy atom. The standard InChI is InChI=1S/C20H31ClFN5O.HI/c1-4-23-20(24-11-8-16-17(21)6-5-7-18(16)22)25-15-9-12-27(13-10-15)14-19(28)26(2)3;/h5-7,15H,4,8-14H2,1-3H3,(H2,23,24,25);1H. The maximum absolute atomic E-state index is 13.9. The van der Waals surface area contributed by atoms with E-state index in [2.05, 4.69) is 20.5 Å². The smallest absolute Gasteiger partial charge is 0.236 e. The van der Waals surface area contributed by atoms with Crippen molar-refractivity contribution in [1.82, 2.24) is 20.4 Å². The predicted octanol–water partition coefficient (Wildman–Crippen LogP) is 2.75. The fourth-order valence-corrected chi connectivity index (χ4v) is 3.39. The van der Waals surface area contributed by atoms with Crippen LogP contribution in [0.15, 0.2) is 23.2 Å². The number of guanidine groups is 1. The second-order valence-corrected chi connectivity index (χ2v) is 7.60. The number of nitrogens with one attached hydrogen (secondary N) is 2. The maximum atomic E-state index is 13.9. The van der Waals surface area contributed by atoms with Gasteiger partial charge in [0.2, 0.25) is 5.91 Å². The molecule has 29 heavy (non-hydrogen) atoms. The van der Waals surface area contributed by atoms with Gasteiger partial charge in [0, 0.05) is 56.9 Å². The van der Waals surface area contributed by atoms with E-state index in [0.717, 1.165) is 38.4 Å². The highest BCUT2D eigenvalue weighted by atomic mass is 127. The average molecular weight is 540 g/mol. The number of aliphatic imine (C=N–C) groups is 1. The normalized spacial score (nSPS) is 15.6. The topological polar surface area (TPSA) is 60.0 Å². The van der Waals surface area contributed by atoms with E-state index in [1.807, 2.05) is 6.92 Å². The lowest BCUT2D eigenvalue weighted by molar-refractivity contribution is -0.130. The Bertz CT molecular complexity index is 661. The van der Waals surface area contributed by atoms with Gasteiger partial charge in [-0.1, -0.05) is 17.7 Å². The van der Waals surface area contributed by atoms with Gasteiger partial charge >= 0.3 is 0 Å². The highest BCUT2D eigenvalue weighted by Crippen LogP contribution is 2.19.